The molecule has 1 fully saturated rings. The number of hydrogen-bond acceptors (Lipinski definition) is 4. The van der Waals surface area contributed by atoms with E-state index in [1.54, 1.807) is 25.1 Å². The van der Waals surface area contributed by atoms with Gasteiger partial charge in [0.25, 0.3) is 0 Å². The van der Waals surface area contributed by atoms with Crippen LogP contribution in [0.1, 0.15) is 19.8 Å². The third-order valence-electron chi connectivity index (χ3n) is 3.51. The van der Waals surface area contributed by atoms with E-state index in [9.17, 15) is 13.2 Å². The molecule has 1 aliphatic heterocycles. The number of hydrogen-bond donors (Lipinski definition) is 1. The number of piperidine rings is 1. The van der Waals surface area contributed by atoms with Crippen molar-refractivity contribution >= 4 is 21.5 Å². The molecule has 1 heterocycles. The van der Waals surface area contributed by atoms with Crippen molar-refractivity contribution in [3.05, 3.63) is 24.3 Å². The van der Waals surface area contributed by atoms with Crippen LogP contribution in [0.25, 0.3) is 0 Å². The minimum atomic E-state index is -3.75. The van der Waals surface area contributed by atoms with E-state index in [0.717, 1.165) is 19.4 Å². The Labute approximate surface area is 113 Å². The van der Waals surface area contributed by atoms with Gasteiger partial charge in [-0.3, -0.25) is 4.79 Å². The summed E-state index contributed by atoms with van der Waals surface area (Å²) in [4.78, 5) is 13.6. The molecule has 104 valence electrons. The average Bonchev–Trinajstić information content (AvgIpc) is 2.38. The van der Waals surface area contributed by atoms with Crippen molar-refractivity contribution in [2.24, 2.45) is 11.1 Å². The Morgan fingerprint density at radius 1 is 1.37 bits per heavy atom. The van der Waals surface area contributed by atoms with E-state index in [2.05, 4.69) is 0 Å². The molecule has 0 aliphatic carbocycles. The van der Waals surface area contributed by atoms with Crippen LogP contribution in [0.3, 0.4) is 0 Å². The van der Waals surface area contributed by atoms with Crippen LogP contribution in [0, 0.1) is 5.92 Å². The molecule has 0 amide bonds. The number of anilines is 1. The number of nitrogens with two attached hydrogens (primary N) is 1. The number of carbonyl (C=O) groups excluding carboxylic acids is 1. The predicted molar refractivity (Wildman–Crippen MR) is 73.4 cm³/mol. The predicted octanol–water partition coefficient (Wildman–Crippen LogP) is 1.14. The summed E-state index contributed by atoms with van der Waals surface area (Å²) in [6.07, 6.45) is 1.74. The Kier molecular flexibility index (Phi) is 3.91. The zero-order valence-electron chi connectivity index (χ0n) is 10.9. The third-order valence-corrected chi connectivity index (χ3v) is 4.47. The highest BCUT2D eigenvalue weighted by Gasteiger charge is 2.26. The molecule has 1 aromatic rings. The highest BCUT2D eigenvalue weighted by Crippen LogP contribution is 2.28. The van der Waals surface area contributed by atoms with Gasteiger partial charge in [-0.2, -0.15) is 0 Å². The summed E-state index contributed by atoms with van der Waals surface area (Å²) in [6.45, 7) is 2.89. The molecule has 6 heteroatoms. The van der Waals surface area contributed by atoms with Crippen LogP contribution in [0.4, 0.5) is 5.69 Å². The van der Waals surface area contributed by atoms with E-state index < -0.39 is 10.0 Å². The van der Waals surface area contributed by atoms with Crippen LogP contribution < -0.4 is 10.0 Å². The lowest BCUT2D eigenvalue weighted by atomic mass is 9.94. The topological polar surface area (TPSA) is 80.5 Å². The number of ketones is 1. The molecule has 0 aromatic heterocycles. The van der Waals surface area contributed by atoms with E-state index in [0.29, 0.717) is 12.2 Å². The minimum absolute atomic E-state index is 0.0257. The van der Waals surface area contributed by atoms with Crippen LogP contribution >= 0.6 is 0 Å². The monoisotopic (exact) mass is 282 g/mol. The van der Waals surface area contributed by atoms with Gasteiger partial charge >= 0.3 is 0 Å². The van der Waals surface area contributed by atoms with Gasteiger partial charge in [0.15, 0.2) is 0 Å². The number of benzene rings is 1. The van der Waals surface area contributed by atoms with Crippen LogP contribution in [0.2, 0.25) is 0 Å². The standard InChI is InChI=1S/C13H18N2O3S/c1-10(16)11-5-4-8-15(9-11)12-6-2-3-7-13(12)19(14,17)18/h2-3,6-7,11H,4-5,8-9H2,1H3,(H2,14,17,18). The molecular formula is C13H18N2O3S. The molecule has 2 N–H and O–H groups in total. The zero-order valence-corrected chi connectivity index (χ0v) is 11.7. The number of primary sulfonamides is 1. The molecule has 1 saturated heterocycles. The lowest BCUT2D eigenvalue weighted by Gasteiger charge is -2.34. The maximum atomic E-state index is 11.6. The fraction of sp³-hybridized carbons (Fsp3) is 0.462. The van der Waals surface area contributed by atoms with Crippen molar-refractivity contribution in [2.45, 2.75) is 24.7 Å². The summed E-state index contributed by atoms with van der Waals surface area (Å²) < 4.78 is 23.2. The molecule has 0 radical (unpaired) electrons. The lowest BCUT2D eigenvalue weighted by molar-refractivity contribution is -0.120. The largest absolute Gasteiger partial charge is 0.370 e. The van der Waals surface area contributed by atoms with Gasteiger partial charge in [-0.05, 0) is 31.9 Å². The van der Waals surface area contributed by atoms with Gasteiger partial charge in [0, 0.05) is 19.0 Å². The van der Waals surface area contributed by atoms with E-state index in [1.165, 1.54) is 6.07 Å². The summed E-state index contributed by atoms with van der Waals surface area (Å²) in [5.74, 6) is 0.125. The molecule has 19 heavy (non-hydrogen) atoms. The summed E-state index contributed by atoms with van der Waals surface area (Å²) in [7, 11) is -3.75. The second kappa shape index (κ2) is 5.30. The van der Waals surface area contributed by atoms with Crippen LogP contribution in [-0.2, 0) is 14.8 Å². The summed E-state index contributed by atoms with van der Waals surface area (Å²) in [5.41, 5.74) is 0.593. The van der Waals surface area contributed by atoms with Crippen molar-refractivity contribution in [1.29, 1.82) is 0 Å². The molecule has 1 aliphatic rings. The Hall–Kier alpha value is -1.40. The zero-order chi connectivity index (χ0) is 14.0. The van der Waals surface area contributed by atoms with Crippen LogP contribution in [0.15, 0.2) is 29.2 Å². The van der Waals surface area contributed by atoms with Crippen LogP contribution in [-0.4, -0.2) is 27.3 Å². The first-order valence-corrected chi connectivity index (χ1v) is 7.81. The van der Waals surface area contributed by atoms with Crippen molar-refractivity contribution in [1.82, 2.24) is 0 Å². The van der Waals surface area contributed by atoms with E-state index >= 15 is 0 Å². The highest BCUT2D eigenvalue weighted by molar-refractivity contribution is 7.89. The fourth-order valence-corrected chi connectivity index (χ4v) is 3.24. The fourth-order valence-electron chi connectivity index (χ4n) is 2.49. The SMILES string of the molecule is CC(=O)C1CCCN(c2ccccc2S(N)(=O)=O)C1. The van der Waals surface area contributed by atoms with Gasteiger partial charge in [-0.25, -0.2) is 13.6 Å². The average molecular weight is 282 g/mol. The number of nitrogens with zero attached hydrogens (tertiary/aromatic N) is 1. The lowest BCUT2D eigenvalue weighted by Crippen LogP contribution is -2.39. The molecule has 2 rings (SSSR count). The first-order valence-electron chi connectivity index (χ1n) is 6.27. The number of rotatable bonds is 3. The van der Waals surface area contributed by atoms with Gasteiger partial charge in [-0.15, -0.1) is 0 Å². The normalized spacial score (nSPS) is 20.3. The molecule has 0 saturated carbocycles. The summed E-state index contributed by atoms with van der Waals surface area (Å²) in [5, 5.41) is 5.24. The molecule has 0 spiro atoms. The number of Topliss-reactive ketones (excluding diaryl/α,β-unsaturated/α-hetero) is 1. The Morgan fingerprint density at radius 2 is 2.05 bits per heavy atom. The Morgan fingerprint density at radius 3 is 2.68 bits per heavy atom. The van der Waals surface area contributed by atoms with Gasteiger partial charge < -0.3 is 4.90 Å². The molecule has 1 unspecified atom stereocenters. The summed E-state index contributed by atoms with van der Waals surface area (Å²) >= 11 is 0. The second-order valence-corrected chi connectivity index (χ2v) is 6.44. The number of sulfonamides is 1. The van der Waals surface area contributed by atoms with Crippen LogP contribution in [0.5, 0.6) is 0 Å². The molecule has 5 nitrogen and oxygen atoms in total. The number of para-hydroxylation sites is 1. The second-order valence-electron chi connectivity index (χ2n) is 4.91. The molecular weight excluding hydrogens is 264 g/mol. The minimum Gasteiger partial charge on any atom is -0.370 e. The Balaban J connectivity index is 2.34. The van der Waals surface area contributed by atoms with Crippen molar-refractivity contribution in [3.8, 4) is 0 Å². The first kappa shape index (κ1) is 14.0. The van der Waals surface area contributed by atoms with E-state index in [4.69, 9.17) is 5.14 Å². The smallest absolute Gasteiger partial charge is 0.240 e. The van der Waals surface area contributed by atoms with Crippen molar-refractivity contribution in [3.63, 3.8) is 0 Å². The third kappa shape index (κ3) is 3.13. The van der Waals surface area contributed by atoms with Gasteiger partial charge in [0.2, 0.25) is 10.0 Å². The quantitative estimate of drug-likeness (QED) is 0.901. The highest BCUT2D eigenvalue weighted by atomic mass is 32.2. The number of carbonyl (C=O) groups is 1. The van der Waals surface area contributed by atoms with Gasteiger partial charge in [0.1, 0.15) is 10.7 Å². The van der Waals surface area contributed by atoms with E-state index in [-0.39, 0.29) is 16.6 Å². The van der Waals surface area contributed by atoms with E-state index in [1.807, 2.05) is 4.90 Å². The summed E-state index contributed by atoms with van der Waals surface area (Å²) in [6, 6.07) is 6.67. The van der Waals surface area contributed by atoms with Gasteiger partial charge in [0.05, 0.1) is 5.69 Å². The molecule has 1 aromatic carbocycles. The Bertz CT molecular complexity index is 583. The molecule has 0 bridgehead atoms. The maximum absolute atomic E-state index is 11.6. The first-order chi connectivity index (χ1) is 8.89. The maximum Gasteiger partial charge on any atom is 0.240 e. The van der Waals surface area contributed by atoms with Crippen molar-refractivity contribution in [2.75, 3.05) is 18.0 Å². The molecule has 1 atom stereocenters. The van der Waals surface area contributed by atoms with Crippen molar-refractivity contribution < 1.29 is 13.2 Å². The van der Waals surface area contributed by atoms with Gasteiger partial charge in [-0.1, -0.05) is 12.1 Å².